The van der Waals surface area contributed by atoms with Crippen LogP contribution in [0, 0.1) is 5.92 Å². The molecule has 0 aliphatic carbocycles. The summed E-state index contributed by atoms with van der Waals surface area (Å²) in [6.45, 7) is 3.25. The van der Waals surface area contributed by atoms with E-state index in [2.05, 4.69) is 5.32 Å². The van der Waals surface area contributed by atoms with Gasteiger partial charge in [-0.05, 0) is 37.5 Å². The number of amides is 3. The number of nitrogens with one attached hydrogen (secondary N) is 1. The van der Waals surface area contributed by atoms with E-state index in [0.29, 0.717) is 31.7 Å². The molecule has 23 heavy (non-hydrogen) atoms. The van der Waals surface area contributed by atoms with E-state index < -0.39 is 0 Å². The number of primary amides is 1. The number of nitrogens with two attached hydrogens (primary N) is 1. The third-order valence-corrected chi connectivity index (χ3v) is 4.42. The van der Waals surface area contributed by atoms with Gasteiger partial charge in [0, 0.05) is 19.0 Å². The Kier molecular flexibility index (Phi) is 4.27. The van der Waals surface area contributed by atoms with Gasteiger partial charge in [-0.15, -0.1) is 0 Å². The van der Waals surface area contributed by atoms with Crippen LogP contribution in [0.25, 0.3) is 0 Å². The molecular formula is C16H21N3O4. The first-order valence-corrected chi connectivity index (χ1v) is 7.79. The lowest BCUT2D eigenvalue weighted by molar-refractivity contribution is -0.123. The number of rotatable bonds is 3. The number of benzene rings is 1. The maximum atomic E-state index is 12.3. The second-order valence-corrected chi connectivity index (χ2v) is 5.95. The van der Waals surface area contributed by atoms with Gasteiger partial charge in [-0.1, -0.05) is 6.07 Å². The molecule has 2 heterocycles. The van der Waals surface area contributed by atoms with Crippen LogP contribution in [-0.4, -0.2) is 36.7 Å². The number of nitrogens with zero attached hydrogens (tertiary/aromatic N) is 1. The van der Waals surface area contributed by atoms with Crippen molar-refractivity contribution in [1.82, 2.24) is 10.2 Å². The van der Waals surface area contributed by atoms with Crippen molar-refractivity contribution in [2.24, 2.45) is 11.7 Å². The molecule has 7 heteroatoms. The van der Waals surface area contributed by atoms with Crippen molar-refractivity contribution in [2.45, 2.75) is 25.8 Å². The van der Waals surface area contributed by atoms with Gasteiger partial charge >= 0.3 is 6.03 Å². The second-order valence-electron chi connectivity index (χ2n) is 5.95. The van der Waals surface area contributed by atoms with Crippen LogP contribution < -0.4 is 20.5 Å². The van der Waals surface area contributed by atoms with E-state index in [1.807, 2.05) is 25.1 Å². The van der Waals surface area contributed by atoms with Crippen LogP contribution in [0.4, 0.5) is 4.79 Å². The molecule has 1 aromatic carbocycles. The van der Waals surface area contributed by atoms with E-state index in [9.17, 15) is 9.59 Å². The molecule has 0 radical (unpaired) electrons. The Morgan fingerprint density at radius 1 is 1.26 bits per heavy atom. The van der Waals surface area contributed by atoms with Gasteiger partial charge < -0.3 is 25.4 Å². The standard InChI is InChI=1S/C16H21N3O4/c1-10(12-2-3-13-14(8-12)23-9-22-13)18-16(21)19-6-4-11(5-7-19)15(17)20/h2-3,8,10-11H,4-7,9H2,1H3,(H2,17,20)(H,18,21). The highest BCUT2D eigenvalue weighted by Gasteiger charge is 2.26. The molecule has 0 saturated carbocycles. The summed E-state index contributed by atoms with van der Waals surface area (Å²) in [6, 6.07) is 5.37. The van der Waals surface area contributed by atoms with Gasteiger partial charge in [0.15, 0.2) is 11.5 Å². The highest BCUT2D eigenvalue weighted by atomic mass is 16.7. The molecule has 3 amide bonds. The van der Waals surface area contributed by atoms with Gasteiger partial charge in [0.05, 0.1) is 6.04 Å². The molecule has 1 unspecified atom stereocenters. The number of likely N-dealkylation sites (tertiary alicyclic amines) is 1. The summed E-state index contributed by atoms with van der Waals surface area (Å²) >= 11 is 0. The molecule has 3 rings (SSSR count). The average Bonchev–Trinajstić information content (AvgIpc) is 3.02. The summed E-state index contributed by atoms with van der Waals surface area (Å²) in [5.41, 5.74) is 6.26. The van der Waals surface area contributed by atoms with Crippen LogP contribution >= 0.6 is 0 Å². The third kappa shape index (κ3) is 3.33. The van der Waals surface area contributed by atoms with Crippen LogP contribution in [0.2, 0.25) is 0 Å². The number of carbonyl (C=O) groups excluding carboxylic acids is 2. The molecule has 0 bridgehead atoms. The van der Waals surface area contributed by atoms with Gasteiger partial charge in [-0.2, -0.15) is 0 Å². The number of carbonyl (C=O) groups is 2. The van der Waals surface area contributed by atoms with E-state index >= 15 is 0 Å². The largest absolute Gasteiger partial charge is 0.454 e. The lowest BCUT2D eigenvalue weighted by Crippen LogP contribution is -2.46. The van der Waals surface area contributed by atoms with Gasteiger partial charge in [0.2, 0.25) is 12.7 Å². The van der Waals surface area contributed by atoms with Gasteiger partial charge in [0.1, 0.15) is 0 Å². The fourth-order valence-electron chi connectivity index (χ4n) is 2.91. The van der Waals surface area contributed by atoms with Crippen LogP contribution in [0.1, 0.15) is 31.4 Å². The molecule has 0 aromatic heterocycles. The first-order chi connectivity index (χ1) is 11.0. The molecule has 1 saturated heterocycles. The summed E-state index contributed by atoms with van der Waals surface area (Å²) in [5, 5.41) is 2.98. The summed E-state index contributed by atoms with van der Waals surface area (Å²) in [7, 11) is 0. The monoisotopic (exact) mass is 319 g/mol. The lowest BCUT2D eigenvalue weighted by Gasteiger charge is -2.31. The van der Waals surface area contributed by atoms with Gasteiger partial charge in [-0.25, -0.2) is 4.79 Å². The summed E-state index contributed by atoms with van der Waals surface area (Å²) < 4.78 is 10.6. The van der Waals surface area contributed by atoms with Gasteiger partial charge in [0.25, 0.3) is 0 Å². The SMILES string of the molecule is CC(NC(=O)N1CCC(C(N)=O)CC1)c1ccc2c(c1)OCO2. The fraction of sp³-hybridized carbons (Fsp3) is 0.500. The lowest BCUT2D eigenvalue weighted by atomic mass is 9.96. The Morgan fingerprint density at radius 3 is 2.65 bits per heavy atom. The summed E-state index contributed by atoms with van der Waals surface area (Å²) in [6.07, 6.45) is 1.25. The zero-order chi connectivity index (χ0) is 16.4. The Labute approximate surface area is 134 Å². The molecule has 7 nitrogen and oxygen atoms in total. The average molecular weight is 319 g/mol. The van der Waals surface area contributed by atoms with E-state index in [1.165, 1.54) is 0 Å². The maximum Gasteiger partial charge on any atom is 0.317 e. The minimum Gasteiger partial charge on any atom is -0.454 e. The van der Waals surface area contributed by atoms with E-state index in [0.717, 1.165) is 11.3 Å². The second kappa shape index (κ2) is 6.36. The third-order valence-electron chi connectivity index (χ3n) is 4.42. The van der Waals surface area contributed by atoms with E-state index in [-0.39, 0.29) is 30.7 Å². The molecule has 1 atom stereocenters. The topological polar surface area (TPSA) is 93.9 Å². The Bertz CT molecular complexity index is 611. The number of hydrogen-bond acceptors (Lipinski definition) is 4. The van der Waals surface area contributed by atoms with Gasteiger partial charge in [-0.3, -0.25) is 4.79 Å². The maximum absolute atomic E-state index is 12.3. The van der Waals surface area contributed by atoms with Crippen LogP contribution in [-0.2, 0) is 4.79 Å². The minimum absolute atomic E-state index is 0.120. The molecule has 1 fully saturated rings. The summed E-state index contributed by atoms with van der Waals surface area (Å²) in [4.78, 5) is 25.2. The van der Waals surface area contributed by atoms with Crippen molar-refractivity contribution < 1.29 is 19.1 Å². The number of ether oxygens (including phenoxy) is 2. The number of piperidine rings is 1. The highest BCUT2D eigenvalue weighted by Crippen LogP contribution is 2.34. The molecule has 2 aliphatic heterocycles. The normalized spacial score (nSPS) is 18.6. The van der Waals surface area contributed by atoms with E-state index in [1.54, 1.807) is 4.90 Å². The Balaban J connectivity index is 1.56. The van der Waals surface area contributed by atoms with Crippen molar-refractivity contribution in [2.75, 3.05) is 19.9 Å². The van der Waals surface area contributed by atoms with Crippen LogP contribution in [0.5, 0.6) is 11.5 Å². The zero-order valence-electron chi connectivity index (χ0n) is 13.1. The minimum atomic E-state index is -0.279. The fourth-order valence-corrected chi connectivity index (χ4v) is 2.91. The molecule has 1 aromatic rings. The Hall–Kier alpha value is -2.44. The van der Waals surface area contributed by atoms with Crippen molar-refractivity contribution in [3.8, 4) is 11.5 Å². The molecule has 3 N–H and O–H groups in total. The molecular weight excluding hydrogens is 298 g/mol. The van der Waals surface area contributed by atoms with Crippen LogP contribution in [0.3, 0.4) is 0 Å². The molecule has 2 aliphatic rings. The smallest absolute Gasteiger partial charge is 0.317 e. The van der Waals surface area contributed by atoms with Crippen LogP contribution in [0.15, 0.2) is 18.2 Å². The predicted octanol–water partition coefficient (Wildman–Crippen LogP) is 1.38. The first-order valence-electron chi connectivity index (χ1n) is 7.79. The number of hydrogen-bond donors (Lipinski definition) is 2. The number of urea groups is 1. The predicted molar refractivity (Wildman–Crippen MR) is 83.0 cm³/mol. The quantitative estimate of drug-likeness (QED) is 0.880. The van der Waals surface area contributed by atoms with Crippen molar-refractivity contribution in [3.63, 3.8) is 0 Å². The van der Waals surface area contributed by atoms with Crippen molar-refractivity contribution in [3.05, 3.63) is 23.8 Å². The molecule has 124 valence electrons. The highest BCUT2D eigenvalue weighted by molar-refractivity contribution is 5.78. The summed E-state index contributed by atoms with van der Waals surface area (Å²) in [5.74, 6) is 1.02. The first kappa shape index (κ1) is 15.5. The number of fused-ring (bicyclic) bond motifs is 1. The molecule has 0 spiro atoms. The Morgan fingerprint density at radius 2 is 1.96 bits per heavy atom. The van der Waals surface area contributed by atoms with E-state index in [4.69, 9.17) is 15.2 Å². The van der Waals surface area contributed by atoms with Crippen molar-refractivity contribution in [1.29, 1.82) is 0 Å². The van der Waals surface area contributed by atoms with Crippen molar-refractivity contribution >= 4 is 11.9 Å². The zero-order valence-corrected chi connectivity index (χ0v) is 13.1.